The molecule has 2 unspecified atom stereocenters. The Hall–Kier alpha value is -1.69. The Morgan fingerprint density at radius 2 is 1.73 bits per heavy atom. The van der Waals surface area contributed by atoms with Crippen molar-refractivity contribution in [2.45, 2.75) is 31.1 Å². The summed E-state index contributed by atoms with van der Waals surface area (Å²) in [4.78, 5) is 0.310. The lowest BCUT2D eigenvalue weighted by Gasteiger charge is -2.14. The first-order chi connectivity index (χ1) is 10.4. The lowest BCUT2D eigenvalue weighted by molar-refractivity contribution is 0.0117. The molecule has 2 atom stereocenters. The van der Waals surface area contributed by atoms with E-state index in [1.165, 1.54) is 4.31 Å². The average molecular weight is 317 g/mol. The van der Waals surface area contributed by atoms with Crippen molar-refractivity contribution in [2.75, 3.05) is 6.54 Å². The van der Waals surface area contributed by atoms with Crippen molar-refractivity contribution in [2.24, 2.45) is 0 Å². The van der Waals surface area contributed by atoms with Gasteiger partial charge in [-0.25, -0.2) is 8.42 Å². The summed E-state index contributed by atoms with van der Waals surface area (Å²) in [5.41, 5.74) is 1.32. The molecule has 0 radical (unpaired) electrons. The number of sulfonamides is 1. The van der Waals surface area contributed by atoms with Gasteiger partial charge >= 0.3 is 0 Å². The lowest BCUT2D eigenvalue weighted by Crippen LogP contribution is -2.23. The van der Waals surface area contributed by atoms with Gasteiger partial charge in [0.25, 0.3) is 0 Å². The monoisotopic (exact) mass is 317 g/mol. The number of benzene rings is 2. The second kappa shape index (κ2) is 5.50. The number of nitrogens with zero attached hydrogens (tertiary/aromatic N) is 1. The molecule has 3 rings (SSSR count). The summed E-state index contributed by atoms with van der Waals surface area (Å²) in [7, 11) is -3.49. The van der Waals surface area contributed by atoms with Crippen LogP contribution in [0.2, 0.25) is 0 Å². The minimum atomic E-state index is -3.49. The Balaban J connectivity index is 1.70. The summed E-state index contributed by atoms with van der Waals surface area (Å²) in [5, 5.41) is 0. The summed E-state index contributed by atoms with van der Waals surface area (Å²) in [6.07, 6.45) is 0. The van der Waals surface area contributed by atoms with Crippen molar-refractivity contribution in [1.82, 2.24) is 4.31 Å². The second-order valence-electron chi connectivity index (χ2n) is 5.77. The highest BCUT2D eigenvalue weighted by Gasteiger charge is 2.57. The van der Waals surface area contributed by atoms with Gasteiger partial charge in [0.05, 0.1) is 18.0 Å². The van der Waals surface area contributed by atoms with Gasteiger partial charge in [-0.3, -0.25) is 0 Å². The van der Waals surface area contributed by atoms with Crippen molar-refractivity contribution in [3.8, 4) is 0 Å². The first kappa shape index (κ1) is 15.2. The van der Waals surface area contributed by atoms with Gasteiger partial charge in [-0.15, -0.1) is 0 Å². The first-order valence-electron chi connectivity index (χ1n) is 7.19. The Morgan fingerprint density at radius 3 is 2.36 bits per heavy atom. The molecule has 0 amide bonds. The molecule has 1 aliphatic rings. The van der Waals surface area contributed by atoms with Crippen LogP contribution in [0.5, 0.6) is 0 Å². The Morgan fingerprint density at radius 1 is 1.09 bits per heavy atom. The SMILES string of the molecule is Cc1ccc(S(=O)(=O)N2CC2(C)OCc2ccccc2)cc1. The Kier molecular flexibility index (Phi) is 3.80. The third kappa shape index (κ3) is 2.92. The van der Waals surface area contributed by atoms with Gasteiger partial charge in [-0.05, 0) is 31.5 Å². The first-order valence-corrected chi connectivity index (χ1v) is 8.63. The molecule has 1 heterocycles. The predicted molar refractivity (Wildman–Crippen MR) is 84.7 cm³/mol. The van der Waals surface area contributed by atoms with Crippen LogP contribution in [0.4, 0.5) is 0 Å². The number of rotatable bonds is 5. The van der Waals surface area contributed by atoms with Gasteiger partial charge in [-0.1, -0.05) is 48.0 Å². The van der Waals surface area contributed by atoms with Gasteiger partial charge in [0.2, 0.25) is 10.0 Å². The highest BCUT2D eigenvalue weighted by molar-refractivity contribution is 7.89. The fourth-order valence-electron chi connectivity index (χ4n) is 2.34. The molecule has 5 heteroatoms. The molecule has 1 fully saturated rings. The number of hydrogen-bond acceptors (Lipinski definition) is 3. The molecule has 0 N–H and O–H groups in total. The molecule has 0 aliphatic carbocycles. The molecule has 1 saturated heterocycles. The highest BCUT2D eigenvalue weighted by atomic mass is 32.2. The quantitative estimate of drug-likeness (QED) is 0.797. The molecular weight excluding hydrogens is 298 g/mol. The number of hydrogen-bond donors (Lipinski definition) is 0. The summed E-state index contributed by atoms with van der Waals surface area (Å²) < 4.78 is 32.4. The van der Waals surface area contributed by atoms with E-state index in [1.807, 2.05) is 44.2 Å². The molecule has 0 bridgehead atoms. The summed E-state index contributed by atoms with van der Waals surface area (Å²) in [6, 6.07) is 16.6. The minimum absolute atomic E-state index is 0.310. The van der Waals surface area contributed by atoms with Gasteiger partial charge in [-0.2, -0.15) is 4.31 Å². The lowest BCUT2D eigenvalue weighted by atomic mass is 10.2. The van der Waals surface area contributed by atoms with Crippen LogP contribution >= 0.6 is 0 Å². The average Bonchev–Trinajstić information content (AvgIpc) is 3.20. The smallest absolute Gasteiger partial charge is 0.245 e. The molecule has 116 valence electrons. The predicted octanol–water partition coefficient (Wildman–Crippen LogP) is 2.93. The van der Waals surface area contributed by atoms with Gasteiger partial charge in [0.15, 0.2) is 0 Å². The third-order valence-corrected chi connectivity index (χ3v) is 5.83. The number of aryl methyl sites for hydroxylation is 1. The number of ether oxygens (including phenoxy) is 1. The summed E-state index contributed by atoms with van der Waals surface area (Å²) in [5.74, 6) is 0. The fourth-order valence-corrected chi connectivity index (χ4v) is 4.04. The van der Waals surface area contributed by atoms with E-state index in [1.54, 1.807) is 24.3 Å². The molecule has 0 spiro atoms. The molecule has 2 aromatic rings. The second-order valence-corrected chi connectivity index (χ2v) is 7.64. The normalized spacial score (nSPS) is 24.2. The van der Waals surface area contributed by atoms with Crippen LogP contribution in [-0.2, 0) is 21.4 Å². The van der Waals surface area contributed by atoms with Crippen molar-refractivity contribution >= 4 is 10.0 Å². The van der Waals surface area contributed by atoms with E-state index in [9.17, 15) is 8.42 Å². The van der Waals surface area contributed by atoms with Crippen LogP contribution in [-0.4, -0.2) is 25.0 Å². The molecule has 4 nitrogen and oxygen atoms in total. The van der Waals surface area contributed by atoms with E-state index in [0.29, 0.717) is 18.0 Å². The zero-order chi connectivity index (χ0) is 15.8. The molecular formula is C17H19NO3S. The van der Waals surface area contributed by atoms with Crippen LogP contribution in [0.15, 0.2) is 59.5 Å². The van der Waals surface area contributed by atoms with Gasteiger partial charge < -0.3 is 4.74 Å². The van der Waals surface area contributed by atoms with E-state index in [2.05, 4.69) is 0 Å². The summed E-state index contributed by atoms with van der Waals surface area (Å²) >= 11 is 0. The van der Waals surface area contributed by atoms with Gasteiger partial charge in [0, 0.05) is 0 Å². The maximum Gasteiger partial charge on any atom is 0.245 e. The van der Waals surface area contributed by atoms with Crippen LogP contribution in [0.25, 0.3) is 0 Å². The van der Waals surface area contributed by atoms with E-state index < -0.39 is 15.7 Å². The van der Waals surface area contributed by atoms with Crippen LogP contribution in [0.3, 0.4) is 0 Å². The van der Waals surface area contributed by atoms with Crippen molar-refractivity contribution in [1.29, 1.82) is 0 Å². The maximum atomic E-state index is 12.6. The Labute approximate surface area is 131 Å². The standard InChI is InChI=1S/C17H19NO3S/c1-14-8-10-16(11-9-14)22(19,20)18-13-17(18,2)21-12-15-6-4-3-5-7-15/h3-11H,12-13H2,1-2H3. The Bertz CT molecular complexity index is 756. The van der Waals surface area contributed by atoms with Crippen LogP contribution in [0.1, 0.15) is 18.1 Å². The molecule has 1 aliphatic heterocycles. The maximum absolute atomic E-state index is 12.6. The van der Waals surface area contributed by atoms with Crippen molar-refractivity contribution in [3.63, 3.8) is 0 Å². The highest BCUT2D eigenvalue weighted by Crippen LogP contribution is 2.39. The van der Waals surface area contributed by atoms with Crippen LogP contribution < -0.4 is 0 Å². The van der Waals surface area contributed by atoms with Crippen LogP contribution in [0, 0.1) is 6.92 Å². The summed E-state index contributed by atoms with van der Waals surface area (Å²) in [6.45, 7) is 4.52. The molecule has 0 aromatic heterocycles. The zero-order valence-corrected chi connectivity index (χ0v) is 13.5. The minimum Gasteiger partial charge on any atom is -0.354 e. The fraction of sp³-hybridized carbons (Fsp3) is 0.294. The van der Waals surface area contributed by atoms with Gasteiger partial charge in [0.1, 0.15) is 5.72 Å². The zero-order valence-electron chi connectivity index (χ0n) is 12.7. The van der Waals surface area contributed by atoms with E-state index in [-0.39, 0.29) is 0 Å². The largest absolute Gasteiger partial charge is 0.354 e. The molecule has 22 heavy (non-hydrogen) atoms. The molecule has 2 aromatic carbocycles. The van der Waals surface area contributed by atoms with E-state index in [0.717, 1.165) is 11.1 Å². The van der Waals surface area contributed by atoms with E-state index >= 15 is 0 Å². The van der Waals surface area contributed by atoms with Crippen molar-refractivity contribution < 1.29 is 13.2 Å². The molecule has 0 saturated carbocycles. The third-order valence-electron chi connectivity index (χ3n) is 3.86. The topological polar surface area (TPSA) is 46.4 Å². The van der Waals surface area contributed by atoms with Crippen molar-refractivity contribution in [3.05, 3.63) is 65.7 Å². The van der Waals surface area contributed by atoms with E-state index in [4.69, 9.17) is 4.74 Å².